The molecule has 0 aliphatic carbocycles. The maximum Gasteiger partial charge on any atom is 0.220 e. The van der Waals surface area contributed by atoms with Gasteiger partial charge >= 0.3 is 0 Å². The molecular weight excluding hydrogens is 296 g/mol. The first-order valence-electron chi connectivity index (χ1n) is 7.30. The minimum absolute atomic E-state index is 0.0416. The van der Waals surface area contributed by atoms with E-state index >= 15 is 0 Å². The molecule has 1 atom stereocenters. The summed E-state index contributed by atoms with van der Waals surface area (Å²) in [6.45, 7) is 2.71. The van der Waals surface area contributed by atoms with E-state index in [4.69, 9.17) is 5.73 Å². The van der Waals surface area contributed by atoms with Gasteiger partial charge in [-0.15, -0.1) is 11.3 Å². The number of benzene rings is 1. The molecule has 0 unspecified atom stereocenters. The van der Waals surface area contributed by atoms with E-state index in [0.717, 1.165) is 11.4 Å². The second kappa shape index (κ2) is 7.79. The van der Waals surface area contributed by atoms with Crippen molar-refractivity contribution in [3.8, 4) is 0 Å². The van der Waals surface area contributed by atoms with E-state index < -0.39 is 0 Å². The molecule has 0 aliphatic rings. The van der Waals surface area contributed by atoms with Crippen LogP contribution in [0, 0.1) is 0 Å². The van der Waals surface area contributed by atoms with Crippen molar-refractivity contribution in [1.82, 2.24) is 10.3 Å². The van der Waals surface area contributed by atoms with E-state index in [1.807, 2.05) is 30.6 Å². The van der Waals surface area contributed by atoms with E-state index in [2.05, 4.69) is 34.3 Å². The van der Waals surface area contributed by atoms with E-state index in [9.17, 15) is 4.79 Å². The summed E-state index contributed by atoms with van der Waals surface area (Å²) in [6.07, 6.45) is 1.06. The highest BCUT2D eigenvalue weighted by Crippen LogP contribution is 2.14. The molecule has 0 saturated heterocycles. The van der Waals surface area contributed by atoms with Crippen molar-refractivity contribution in [2.45, 2.75) is 25.8 Å². The molecule has 2 aromatic rings. The summed E-state index contributed by atoms with van der Waals surface area (Å²) in [7, 11) is 2.03. The maximum absolute atomic E-state index is 11.9. The van der Waals surface area contributed by atoms with Crippen molar-refractivity contribution in [2.24, 2.45) is 0 Å². The fourth-order valence-electron chi connectivity index (χ4n) is 2.08. The molecule has 0 aliphatic heterocycles. The van der Waals surface area contributed by atoms with Gasteiger partial charge < -0.3 is 16.0 Å². The molecule has 0 bridgehead atoms. The van der Waals surface area contributed by atoms with Gasteiger partial charge in [-0.05, 0) is 25.5 Å². The summed E-state index contributed by atoms with van der Waals surface area (Å²) in [6, 6.07) is 10.4. The highest BCUT2D eigenvalue weighted by atomic mass is 32.1. The number of nitrogens with zero attached hydrogens (tertiary/aromatic N) is 2. The Morgan fingerprint density at radius 3 is 2.77 bits per heavy atom. The quantitative estimate of drug-likeness (QED) is 0.822. The minimum Gasteiger partial charge on any atom is -0.375 e. The Hall–Kier alpha value is -2.08. The van der Waals surface area contributed by atoms with Gasteiger partial charge in [-0.1, -0.05) is 18.2 Å². The molecule has 1 aromatic heterocycles. The number of aromatic nitrogens is 1. The van der Waals surface area contributed by atoms with Crippen LogP contribution in [0.25, 0.3) is 0 Å². The van der Waals surface area contributed by atoms with Gasteiger partial charge in [0.1, 0.15) is 0 Å². The summed E-state index contributed by atoms with van der Waals surface area (Å²) >= 11 is 1.40. The van der Waals surface area contributed by atoms with Gasteiger partial charge in [-0.2, -0.15) is 0 Å². The van der Waals surface area contributed by atoms with Crippen molar-refractivity contribution in [3.05, 3.63) is 41.4 Å². The number of nitrogens with one attached hydrogen (secondary N) is 1. The lowest BCUT2D eigenvalue weighted by Crippen LogP contribution is -2.40. The number of aryl methyl sites for hydroxylation is 1. The van der Waals surface area contributed by atoms with Crippen molar-refractivity contribution in [3.63, 3.8) is 0 Å². The Bertz CT molecular complexity index is 599. The van der Waals surface area contributed by atoms with Gasteiger partial charge in [0.2, 0.25) is 5.91 Å². The Kier molecular flexibility index (Phi) is 5.77. The Labute approximate surface area is 135 Å². The molecule has 0 radical (unpaired) electrons. The SMILES string of the molecule is C[C@H](CNC(=O)CCc1csc(N)n1)N(C)c1ccccc1. The predicted molar refractivity (Wildman–Crippen MR) is 92.2 cm³/mol. The highest BCUT2D eigenvalue weighted by Gasteiger charge is 2.11. The molecule has 2 rings (SSSR count). The normalized spacial score (nSPS) is 11.9. The maximum atomic E-state index is 11.9. The standard InChI is InChI=1S/C16H22N4OS/c1-12(20(2)14-6-4-3-5-7-14)10-18-15(21)9-8-13-11-22-16(17)19-13/h3-7,11-12H,8-10H2,1-2H3,(H2,17,19)(H,18,21)/t12-/m1/s1. The lowest BCUT2D eigenvalue weighted by atomic mass is 10.2. The summed E-state index contributed by atoms with van der Waals surface area (Å²) in [5.41, 5.74) is 7.60. The Morgan fingerprint density at radius 2 is 2.14 bits per heavy atom. The molecule has 5 nitrogen and oxygen atoms in total. The van der Waals surface area contributed by atoms with Gasteiger partial charge in [0, 0.05) is 37.1 Å². The van der Waals surface area contributed by atoms with Gasteiger partial charge in [-0.3, -0.25) is 4.79 Å². The van der Waals surface area contributed by atoms with Crippen LogP contribution < -0.4 is 16.0 Å². The van der Waals surface area contributed by atoms with Crippen LogP contribution in [-0.2, 0) is 11.2 Å². The van der Waals surface area contributed by atoms with E-state index in [0.29, 0.717) is 24.5 Å². The zero-order valence-electron chi connectivity index (χ0n) is 13.0. The molecule has 22 heavy (non-hydrogen) atoms. The summed E-state index contributed by atoms with van der Waals surface area (Å²) in [5.74, 6) is 0.0416. The van der Waals surface area contributed by atoms with Crippen molar-refractivity contribution >= 4 is 28.1 Å². The molecule has 1 amide bonds. The van der Waals surface area contributed by atoms with E-state index in [1.54, 1.807) is 0 Å². The Balaban J connectivity index is 1.73. The molecule has 1 heterocycles. The topological polar surface area (TPSA) is 71.2 Å². The first kappa shape index (κ1) is 16.3. The van der Waals surface area contributed by atoms with Crippen LogP contribution in [0.15, 0.2) is 35.7 Å². The molecule has 6 heteroatoms. The minimum atomic E-state index is 0.0416. The number of anilines is 2. The van der Waals surface area contributed by atoms with Crippen LogP contribution >= 0.6 is 11.3 Å². The lowest BCUT2D eigenvalue weighted by Gasteiger charge is -2.27. The lowest BCUT2D eigenvalue weighted by molar-refractivity contribution is -0.121. The monoisotopic (exact) mass is 318 g/mol. The molecule has 0 saturated carbocycles. The fourth-order valence-corrected chi connectivity index (χ4v) is 2.68. The number of thiazole rings is 1. The Morgan fingerprint density at radius 1 is 1.41 bits per heavy atom. The number of hydrogen-bond donors (Lipinski definition) is 2. The first-order valence-corrected chi connectivity index (χ1v) is 8.18. The fraction of sp³-hybridized carbons (Fsp3) is 0.375. The molecule has 0 spiro atoms. The number of carbonyl (C=O) groups excluding carboxylic acids is 1. The average Bonchev–Trinajstić information content (AvgIpc) is 2.96. The van der Waals surface area contributed by atoms with E-state index in [-0.39, 0.29) is 11.9 Å². The zero-order valence-corrected chi connectivity index (χ0v) is 13.8. The number of para-hydroxylation sites is 1. The van der Waals surface area contributed by atoms with Crippen LogP contribution in [0.2, 0.25) is 0 Å². The van der Waals surface area contributed by atoms with Crippen LogP contribution in [0.3, 0.4) is 0 Å². The first-order chi connectivity index (χ1) is 10.6. The molecule has 3 N–H and O–H groups in total. The summed E-state index contributed by atoms with van der Waals surface area (Å²) < 4.78 is 0. The third-order valence-electron chi connectivity index (χ3n) is 3.60. The smallest absolute Gasteiger partial charge is 0.220 e. The molecule has 0 fully saturated rings. The van der Waals surface area contributed by atoms with Crippen molar-refractivity contribution in [1.29, 1.82) is 0 Å². The van der Waals surface area contributed by atoms with Gasteiger partial charge in [-0.25, -0.2) is 4.98 Å². The van der Waals surface area contributed by atoms with Gasteiger partial charge in [0.15, 0.2) is 5.13 Å². The second-order valence-electron chi connectivity index (χ2n) is 5.28. The molecule has 1 aromatic carbocycles. The highest BCUT2D eigenvalue weighted by molar-refractivity contribution is 7.13. The van der Waals surface area contributed by atoms with Crippen molar-refractivity contribution in [2.75, 3.05) is 24.2 Å². The third kappa shape index (κ3) is 4.73. The number of amides is 1. The number of likely N-dealkylation sites (N-methyl/N-ethyl adjacent to an activating group) is 1. The largest absolute Gasteiger partial charge is 0.375 e. The van der Waals surface area contributed by atoms with Crippen molar-refractivity contribution < 1.29 is 4.79 Å². The van der Waals surface area contributed by atoms with Crippen LogP contribution in [0.4, 0.5) is 10.8 Å². The number of rotatable bonds is 7. The van der Waals surface area contributed by atoms with Gasteiger partial charge in [0.05, 0.1) is 5.69 Å². The summed E-state index contributed by atoms with van der Waals surface area (Å²) in [5, 5.41) is 5.42. The number of carbonyl (C=O) groups is 1. The molecule has 118 valence electrons. The third-order valence-corrected chi connectivity index (χ3v) is 4.32. The predicted octanol–water partition coefficient (Wildman–Crippen LogP) is 2.30. The average molecular weight is 318 g/mol. The van der Waals surface area contributed by atoms with E-state index in [1.165, 1.54) is 11.3 Å². The molecular formula is C16H22N4OS. The van der Waals surface area contributed by atoms with Crippen LogP contribution in [0.5, 0.6) is 0 Å². The zero-order chi connectivity index (χ0) is 15.9. The number of hydrogen-bond acceptors (Lipinski definition) is 5. The van der Waals surface area contributed by atoms with Crippen LogP contribution in [0.1, 0.15) is 19.0 Å². The number of nitrogen functional groups attached to an aromatic ring is 1. The second-order valence-corrected chi connectivity index (χ2v) is 6.17. The van der Waals surface area contributed by atoms with Crippen LogP contribution in [-0.4, -0.2) is 30.5 Å². The number of nitrogens with two attached hydrogens (primary N) is 1. The summed E-state index contributed by atoms with van der Waals surface area (Å²) in [4.78, 5) is 18.2. The van der Waals surface area contributed by atoms with Gasteiger partial charge in [0.25, 0.3) is 0 Å².